The second-order valence-electron chi connectivity index (χ2n) is 5.11. The van der Waals surface area contributed by atoms with E-state index in [1.54, 1.807) is 6.07 Å². The normalized spacial score (nSPS) is 19.3. The van der Waals surface area contributed by atoms with Crippen molar-refractivity contribution < 1.29 is 0 Å². The Morgan fingerprint density at radius 1 is 1.25 bits per heavy atom. The number of nitrogens with one attached hydrogen (secondary N) is 2. The van der Waals surface area contributed by atoms with Gasteiger partial charge in [-0.25, -0.2) is 4.98 Å². The lowest BCUT2D eigenvalue weighted by molar-refractivity contribution is 0.345. The zero-order valence-electron chi connectivity index (χ0n) is 12.0. The number of anilines is 2. The van der Waals surface area contributed by atoms with Crippen LogP contribution in [0.25, 0.3) is 0 Å². The van der Waals surface area contributed by atoms with Crippen LogP contribution >= 0.6 is 23.2 Å². The number of hydrogen-bond acceptors (Lipinski definition) is 4. The highest BCUT2D eigenvalue weighted by Gasteiger charge is 2.21. The average Bonchev–Trinajstić information content (AvgIpc) is 2.88. The highest BCUT2D eigenvalue weighted by Crippen LogP contribution is 2.29. The lowest BCUT2D eigenvalue weighted by Gasteiger charge is -2.15. The molecule has 112 valence electrons. The van der Waals surface area contributed by atoms with Crippen molar-refractivity contribution in [3.8, 4) is 0 Å². The van der Waals surface area contributed by atoms with Gasteiger partial charge in [-0.3, -0.25) is 0 Å². The molecule has 1 atom stereocenters. The van der Waals surface area contributed by atoms with E-state index in [0.717, 1.165) is 26.2 Å². The number of hydrogen-bond donors (Lipinski definition) is 2. The monoisotopic (exact) mass is 316 g/mol. The summed E-state index contributed by atoms with van der Waals surface area (Å²) in [5.74, 6) is 2.05. The molecule has 1 saturated heterocycles. The Bertz CT molecular complexity index is 453. The van der Waals surface area contributed by atoms with E-state index in [2.05, 4.69) is 27.4 Å². The highest BCUT2D eigenvalue weighted by atomic mass is 35.5. The van der Waals surface area contributed by atoms with Gasteiger partial charge in [-0.2, -0.15) is 0 Å². The molecule has 20 heavy (non-hydrogen) atoms. The van der Waals surface area contributed by atoms with Gasteiger partial charge in [0.05, 0.1) is 10.0 Å². The first-order chi connectivity index (χ1) is 9.63. The summed E-state index contributed by atoms with van der Waals surface area (Å²) in [4.78, 5) is 6.93. The third kappa shape index (κ3) is 3.90. The summed E-state index contributed by atoms with van der Waals surface area (Å²) >= 11 is 12.3. The van der Waals surface area contributed by atoms with Gasteiger partial charge in [0.1, 0.15) is 11.6 Å². The third-order valence-corrected chi connectivity index (χ3v) is 4.23. The van der Waals surface area contributed by atoms with E-state index >= 15 is 0 Å². The van der Waals surface area contributed by atoms with Crippen molar-refractivity contribution in [2.24, 2.45) is 5.92 Å². The molecule has 0 bridgehead atoms. The van der Waals surface area contributed by atoms with Crippen LogP contribution in [-0.2, 0) is 0 Å². The van der Waals surface area contributed by atoms with E-state index < -0.39 is 0 Å². The van der Waals surface area contributed by atoms with E-state index in [0.29, 0.717) is 27.6 Å². The number of aromatic nitrogens is 1. The van der Waals surface area contributed by atoms with Crippen LogP contribution in [0.3, 0.4) is 0 Å². The van der Waals surface area contributed by atoms with Crippen molar-refractivity contribution in [3.63, 3.8) is 0 Å². The predicted octanol–water partition coefficient (Wildman–Crippen LogP) is 3.57. The molecular weight excluding hydrogens is 295 g/mol. The van der Waals surface area contributed by atoms with Gasteiger partial charge in [0, 0.05) is 19.6 Å². The molecule has 1 aromatic heterocycles. The van der Waals surface area contributed by atoms with E-state index in [1.807, 2.05) is 6.92 Å². The maximum absolute atomic E-state index is 6.20. The van der Waals surface area contributed by atoms with Crippen LogP contribution in [-0.4, -0.2) is 42.6 Å². The fourth-order valence-electron chi connectivity index (χ4n) is 2.49. The molecule has 0 radical (unpaired) electrons. The summed E-state index contributed by atoms with van der Waals surface area (Å²) in [6.07, 6.45) is 1.23. The zero-order valence-corrected chi connectivity index (χ0v) is 13.6. The maximum atomic E-state index is 6.20. The number of likely N-dealkylation sites (tertiary alicyclic amines) is 1. The lowest BCUT2D eigenvalue weighted by Crippen LogP contribution is -2.22. The average molecular weight is 317 g/mol. The van der Waals surface area contributed by atoms with Crippen molar-refractivity contribution in [2.75, 3.05) is 43.4 Å². The SMILES string of the molecule is CCNc1nc(NCC2CCN(CC)C2)c(Cl)cc1Cl. The molecule has 1 unspecified atom stereocenters. The lowest BCUT2D eigenvalue weighted by atomic mass is 10.1. The Morgan fingerprint density at radius 3 is 2.55 bits per heavy atom. The summed E-state index contributed by atoms with van der Waals surface area (Å²) in [5, 5.41) is 7.62. The van der Waals surface area contributed by atoms with Crippen molar-refractivity contribution in [3.05, 3.63) is 16.1 Å². The molecule has 1 aromatic rings. The van der Waals surface area contributed by atoms with E-state index in [4.69, 9.17) is 23.2 Å². The van der Waals surface area contributed by atoms with Crippen LogP contribution in [0.15, 0.2) is 6.07 Å². The molecule has 2 heterocycles. The Labute approximate surface area is 130 Å². The number of halogens is 2. The molecule has 2 N–H and O–H groups in total. The first kappa shape index (κ1) is 15.7. The molecule has 6 heteroatoms. The van der Waals surface area contributed by atoms with Crippen LogP contribution in [0.4, 0.5) is 11.6 Å². The van der Waals surface area contributed by atoms with Crippen LogP contribution in [0, 0.1) is 5.92 Å². The largest absolute Gasteiger partial charge is 0.369 e. The minimum absolute atomic E-state index is 0.556. The Morgan fingerprint density at radius 2 is 1.95 bits per heavy atom. The third-order valence-electron chi connectivity index (χ3n) is 3.65. The summed E-state index contributed by atoms with van der Waals surface area (Å²) < 4.78 is 0. The second kappa shape index (κ2) is 7.34. The molecule has 0 spiro atoms. The van der Waals surface area contributed by atoms with Gasteiger partial charge in [0.15, 0.2) is 0 Å². The fourth-order valence-corrected chi connectivity index (χ4v) is 2.98. The molecule has 0 aliphatic carbocycles. The van der Waals surface area contributed by atoms with Crippen LogP contribution < -0.4 is 10.6 Å². The number of nitrogens with zero attached hydrogens (tertiary/aromatic N) is 2. The minimum Gasteiger partial charge on any atom is -0.369 e. The summed E-state index contributed by atoms with van der Waals surface area (Å²) in [6.45, 7) is 9.36. The van der Waals surface area contributed by atoms with Crippen LogP contribution in [0.5, 0.6) is 0 Å². The Kier molecular flexibility index (Phi) is 5.75. The molecule has 4 nitrogen and oxygen atoms in total. The molecule has 1 aliphatic rings. The molecule has 0 amide bonds. The standard InChI is InChI=1S/C14H22Cl2N4/c1-3-17-13-11(15)7-12(16)14(19-13)18-8-10-5-6-20(4-2)9-10/h7,10H,3-6,8-9H2,1-2H3,(H2,17,18,19). The highest BCUT2D eigenvalue weighted by molar-refractivity contribution is 6.37. The Hall–Kier alpha value is -0.710. The van der Waals surface area contributed by atoms with Gasteiger partial charge in [0.25, 0.3) is 0 Å². The number of rotatable bonds is 6. The first-order valence-electron chi connectivity index (χ1n) is 7.20. The van der Waals surface area contributed by atoms with Gasteiger partial charge in [-0.1, -0.05) is 30.1 Å². The van der Waals surface area contributed by atoms with Crippen molar-refractivity contribution >= 4 is 34.8 Å². The van der Waals surface area contributed by atoms with E-state index in [9.17, 15) is 0 Å². The summed E-state index contributed by atoms with van der Waals surface area (Å²) in [5.41, 5.74) is 0. The van der Waals surface area contributed by atoms with Crippen molar-refractivity contribution in [1.29, 1.82) is 0 Å². The van der Waals surface area contributed by atoms with Gasteiger partial charge >= 0.3 is 0 Å². The van der Waals surface area contributed by atoms with Gasteiger partial charge in [-0.05, 0) is 38.4 Å². The van der Waals surface area contributed by atoms with E-state index in [1.165, 1.54) is 13.0 Å². The van der Waals surface area contributed by atoms with E-state index in [-0.39, 0.29) is 0 Å². The minimum atomic E-state index is 0.556. The zero-order chi connectivity index (χ0) is 14.5. The van der Waals surface area contributed by atoms with Crippen molar-refractivity contribution in [2.45, 2.75) is 20.3 Å². The molecule has 0 aromatic carbocycles. The Balaban J connectivity index is 1.97. The van der Waals surface area contributed by atoms with Crippen LogP contribution in [0.2, 0.25) is 10.0 Å². The van der Waals surface area contributed by atoms with Gasteiger partial charge in [-0.15, -0.1) is 0 Å². The molecule has 2 rings (SSSR count). The van der Waals surface area contributed by atoms with Crippen molar-refractivity contribution in [1.82, 2.24) is 9.88 Å². The molecule has 1 aliphatic heterocycles. The molecular formula is C14H22Cl2N4. The van der Waals surface area contributed by atoms with Gasteiger partial charge < -0.3 is 15.5 Å². The number of pyridine rings is 1. The quantitative estimate of drug-likeness (QED) is 0.841. The maximum Gasteiger partial charge on any atom is 0.147 e. The molecule has 0 saturated carbocycles. The smallest absolute Gasteiger partial charge is 0.147 e. The predicted molar refractivity (Wildman–Crippen MR) is 87.1 cm³/mol. The second-order valence-corrected chi connectivity index (χ2v) is 5.92. The topological polar surface area (TPSA) is 40.2 Å². The van der Waals surface area contributed by atoms with Crippen LogP contribution in [0.1, 0.15) is 20.3 Å². The fraction of sp³-hybridized carbons (Fsp3) is 0.643. The van der Waals surface area contributed by atoms with Gasteiger partial charge in [0.2, 0.25) is 0 Å². The summed E-state index contributed by atoms with van der Waals surface area (Å²) in [6, 6.07) is 1.74. The summed E-state index contributed by atoms with van der Waals surface area (Å²) in [7, 11) is 0. The first-order valence-corrected chi connectivity index (χ1v) is 7.95. The molecule has 1 fully saturated rings.